The van der Waals surface area contributed by atoms with Crippen LogP contribution in [0.1, 0.15) is 47.0 Å². The van der Waals surface area contributed by atoms with Gasteiger partial charge in [0.05, 0.1) is 19.8 Å². The van der Waals surface area contributed by atoms with E-state index in [1.807, 2.05) is 6.92 Å². The van der Waals surface area contributed by atoms with Gasteiger partial charge in [-0.2, -0.15) is 0 Å². The average Bonchev–Trinajstić information content (AvgIpc) is 2.33. The minimum Gasteiger partial charge on any atom is -0.396 e. The van der Waals surface area contributed by atoms with Crippen LogP contribution in [0.2, 0.25) is 0 Å². The van der Waals surface area contributed by atoms with Crippen LogP contribution in [0.5, 0.6) is 0 Å². The smallest absolute Gasteiger partial charge is 0.171 e. The SMILES string of the molecule is CC1CCC(C(C)C)C2(C1)OCC(C)(CO)CO2. The molecule has 1 saturated carbocycles. The van der Waals surface area contributed by atoms with E-state index < -0.39 is 0 Å². The molecule has 1 heterocycles. The van der Waals surface area contributed by atoms with E-state index >= 15 is 0 Å². The molecule has 2 fully saturated rings. The molecule has 106 valence electrons. The molecular weight excluding hydrogens is 228 g/mol. The summed E-state index contributed by atoms with van der Waals surface area (Å²) in [6, 6.07) is 0. The third-order valence-electron chi connectivity index (χ3n) is 4.68. The number of hydrogen-bond donors (Lipinski definition) is 1. The highest BCUT2D eigenvalue weighted by atomic mass is 16.7. The molecule has 0 aromatic carbocycles. The topological polar surface area (TPSA) is 38.7 Å². The Morgan fingerprint density at radius 1 is 1.22 bits per heavy atom. The van der Waals surface area contributed by atoms with Gasteiger partial charge in [0.1, 0.15) is 0 Å². The van der Waals surface area contributed by atoms with Crippen LogP contribution in [0.3, 0.4) is 0 Å². The number of aliphatic hydroxyl groups is 1. The minimum atomic E-state index is -0.388. The molecule has 0 aromatic rings. The van der Waals surface area contributed by atoms with Crippen molar-refractivity contribution >= 4 is 0 Å². The molecule has 1 aliphatic carbocycles. The van der Waals surface area contributed by atoms with Crippen molar-refractivity contribution in [2.45, 2.75) is 52.7 Å². The van der Waals surface area contributed by atoms with E-state index in [9.17, 15) is 5.11 Å². The van der Waals surface area contributed by atoms with E-state index in [-0.39, 0.29) is 17.8 Å². The molecule has 18 heavy (non-hydrogen) atoms. The first-order valence-corrected chi connectivity index (χ1v) is 7.29. The Hall–Kier alpha value is -0.120. The van der Waals surface area contributed by atoms with Crippen molar-refractivity contribution in [2.75, 3.05) is 19.8 Å². The van der Waals surface area contributed by atoms with E-state index in [2.05, 4.69) is 20.8 Å². The van der Waals surface area contributed by atoms with Crippen molar-refractivity contribution in [1.82, 2.24) is 0 Å². The lowest BCUT2D eigenvalue weighted by Crippen LogP contribution is -2.57. The fourth-order valence-corrected chi connectivity index (χ4v) is 3.36. The Kier molecular flexibility index (Phi) is 4.05. The molecule has 1 saturated heterocycles. The summed E-state index contributed by atoms with van der Waals surface area (Å²) in [5.41, 5.74) is -0.229. The quantitative estimate of drug-likeness (QED) is 0.825. The first kappa shape index (κ1) is 14.3. The standard InChI is InChI=1S/C15H28O3/c1-11(2)13-6-5-12(3)7-15(13)17-9-14(4,8-16)10-18-15/h11-13,16H,5-10H2,1-4H3. The van der Waals surface area contributed by atoms with Crippen molar-refractivity contribution in [3.63, 3.8) is 0 Å². The van der Waals surface area contributed by atoms with Gasteiger partial charge in [-0.1, -0.05) is 34.1 Å². The minimum absolute atomic E-state index is 0.130. The van der Waals surface area contributed by atoms with Gasteiger partial charge < -0.3 is 14.6 Å². The predicted molar refractivity (Wildman–Crippen MR) is 71.2 cm³/mol. The second-order valence-electron chi connectivity index (χ2n) is 7.10. The summed E-state index contributed by atoms with van der Waals surface area (Å²) >= 11 is 0. The van der Waals surface area contributed by atoms with Crippen LogP contribution >= 0.6 is 0 Å². The summed E-state index contributed by atoms with van der Waals surface area (Å²) < 4.78 is 12.4. The molecule has 0 amide bonds. The third-order valence-corrected chi connectivity index (χ3v) is 4.68. The molecule has 1 aliphatic heterocycles. The van der Waals surface area contributed by atoms with Gasteiger partial charge in [-0.3, -0.25) is 0 Å². The first-order valence-electron chi connectivity index (χ1n) is 7.29. The van der Waals surface area contributed by atoms with Gasteiger partial charge >= 0.3 is 0 Å². The van der Waals surface area contributed by atoms with E-state index in [1.54, 1.807) is 0 Å². The molecule has 0 bridgehead atoms. The van der Waals surface area contributed by atoms with Gasteiger partial charge in [0.2, 0.25) is 0 Å². The summed E-state index contributed by atoms with van der Waals surface area (Å²) in [6.45, 7) is 10.2. The van der Waals surface area contributed by atoms with Crippen molar-refractivity contribution in [3.8, 4) is 0 Å². The van der Waals surface area contributed by atoms with Gasteiger partial charge in [0.25, 0.3) is 0 Å². The zero-order chi connectivity index (χ0) is 13.4. The fraction of sp³-hybridized carbons (Fsp3) is 1.00. The molecule has 3 nitrogen and oxygen atoms in total. The molecule has 1 spiro atoms. The number of ether oxygens (including phenoxy) is 2. The summed E-state index contributed by atoms with van der Waals surface area (Å²) in [4.78, 5) is 0. The predicted octanol–water partition coefficient (Wildman–Crippen LogP) is 2.82. The maximum atomic E-state index is 9.40. The lowest BCUT2D eigenvalue weighted by Gasteiger charge is -2.52. The molecule has 0 radical (unpaired) electrons. The zero-order valence-electron chi connectivity index (χ0n) is 12.2. The van der Waals surface area contributed by atoms with Crippen LogP contribution in [0.4, 0.5) is 0 Å². The van der Waals surface area contributed by atoms with Crippen molar-refractivity contribution in [1.29, 1.82) is 0 Å². The van der Waals surface area contributed by atoms with Crippen LogP contribution in [0, 0.1) is 23.2 Å². The summed E-state index contributed by atoms with van der Waals surface area (Å²) in [5.74, 6) is 1.34. The maximum Gasteiger partial charge on any atom is 0.171 e. The van der Waals surface area contributed by atoms with Gasteiger partial charge in [-0.15, -0.1) is 0 Å². The number of hydrogen-bond acceptors (Lipinski definition) is 3. The Labute approximate surface area is 111 Å². The van der Waals surface area contributed by atoms with Gasteiger partial charge in [-0.25, -0.2) is 0 Å². The number of rotatable bonds is 2. The van der Waals surface area contributed by atoms with Crippen LogP contribution in [-0.2, 0) is 9.47 Å². The van der Waals surface area contributed by atoms with Crippen LogP contribution in [0.15, 0.2) is 0 Å². The molecule has 2 aliphatic rings. The lowest BCUT2D eigenvalue weighted by molar-refractivity contribution is -0.346. The Balaban J connectivity index is 2.12. The first-order chi connectivity index (χ1) is 8.41. The highest BCUT2D eigenvalue weighted by Crippen LogP contribution is 2.47. The summed E-state index contributed by atoms with van der Waals surface area (Å²) in [7, 11) is 0. The van der Waals surface area contributed by atoms with E-state index in [0.717, 1.165) is 6.42 Å². The fourth-order valence-electron chi connectivity index (χ4n) is 3.36. The van der Waals surface area contributed by atoms with Crippen LogP contribution < -0.4 is 0 Å². The lowest BCUT2D eigenvalue weighted by atomic mass is 9.72. The zero-order valence-corrected chi connectivity index (χ0v) is 12.2. The Bertz CT molecular complexity index is 279. The average molecular weight is 256 g/mol. The third kappa shape index (κ3) is 2.59. The van der Waals surface area contributed by atoms with Gasteiger partial charge in [0.15, 0.2) is 5.79 Å². The van der Waals surface area contributed by atoms with Crippen LogP contribution in [0.25, 0.3) is 0 Å². The Morgan fingerprint density at radius 3 is 2.33 bits per heavy atom. The van der Waals surface area contributed by atoms with E-state index in [4.69, 9.17) is 9.47 Å². The van der Waals surface area contributed by atoms with Gasteiger partial charge in [0, 0.05) is 17.8 Å². The van der Waals surface area contributed by atoms with Crippen molar-refractivity contribution < 1.29 is 14.6 Å². The van der Waals surface area contributed by atoms with E-state index in [0.29, 0.717) is 31.0 Å². The number of aliphatic hydroxyl groups excluding tert-OH is 1. The second-order valence-corrected chi connectivity index (χ2v) is 7.10. The van der Waals surface area contributed by atoms with Crippen molar-refractivity contribution in [2.24, 2.45) is 23.2 Å². The second kappa shape index (κ2) is 5.10. The molecule has 1 N–H and O–H groups in total. The largest absolute Gasteiger partial charge is 0.396 e. The highest BCUT2D eigenvalue weighted by molar-refractivity contribution is 4.92. The van der Waals surface area contributed by atoms with Gasteiger partial charge in [-0.05, 0) is 18.3 Å². The molecule has 2 unspecified atom stereocenters. The summed E-state index contributed by atoms with van der Waals surface area (Å²) in [5, 5.41) is 9.40. The van der Waals surface area contributed by atoms with Crippen molar-refractivity contribution in [3.05, 3.63) is 0 Å². The molecular formula is C15H28O3. The Morgan fingerprint density at radius 2 is 1.83 bits per heavy atom. The van der Waals surface area contributed by atoms with E-state index in [1.165, 1.54) is 12.8 Å². The highest BCUT2D eigenvalue weighted by Gasteiger charge is 2.50. The molecule has 2 atom stereocenters. The normalized spacial score (nSPS) is 45.7. The molecule has 0 aromatic heterocycles. The maximum absolute atomic E-state index is 9.40. The monoisotopic (exact) mass is 256 g/mol. The molecule has 3 heteroatoms. The van der Waals surface area contributed by atoms with Crippen LogP contribution in [-0.4, -0.2) is 30.7 Å². The summed E-state index contributed by atoms with van der Waals surface area (Å²) in [6.07, 6.45) is 3.46. The molecule has 2 rings (SSSR count).